The summed E-state index contributed by atoms with van der Waals surface area (Å²) in [7, 11) is -3.70. The predicted octanol–water partition coefficient (Wildman–Crippen LogP) is 2.71. The van der Waals surface area contributed by atoms with Gasteiger partial charge in [-0.15, -0.1) is 0 Å². The van der Waals surface area contributed by atoms with E-state index >= 15 is 0 Å². The number of pyridine rings is 1. The van der Waals surface area contributed by atoms with Crippen LogP contribution >= 0.6 is 11.6 Å². The zero-order valence-electron chi connectivity index (χ0n) is 12.8. The molecule has 1 N–H and O–H groups in total. The topological polar surface area (TPSA) is 76.9 Å². The minimum atomic E-state index is -3.70. The molecule has 1 aromatic carbocycles. The van der Waals surface area contributed by atoms with Crippen LogP contribution in [0.4, 0.5) is 0 Å². The van der Waals surface area contributed by atoms with E-state index in [-0.39, 0.29) is 16.5 Å². The molecule has 0 saturated heterocycles. The molecule has 2 aromatic heterocycles. The highest BCUT2D eigenvalue weighted by Crippen LogP contribution is 2.22. The zero-order chi connectivity index (χ0) is 17.2. The summed E-state index contributed by atoms with van der Waals surface area (Å²) in [5.74, 6) is 0.616. The highest BCUT2D eigenvalue weighted by molar-refractivity contribution is 7.89. The van der Waals surface area contributed by atoms with E-state index in [0.29, 0.717) is 5.82 Å². The molecule has 24 heavy (non-hydrogen) atoms. The second kappa shape index (κ2) is 6.72. The SMILES string of the molecule is Cc1ccc(S(=O)(=O)NCc2ccnc(-n3cccn3)c2)c(Cl)c1. The number of rotatable bonds is 5. The molecular weight excluding hydrogens is 348 g/mol. The molecule has 2 heterocycles. The monoisotopic (exact) mass is 362 g/mol. The van der Waals surface area contributed by atoms with Crippen LogP contribution in [0.25, 0.3) is 5.82 Å². The third-order valence-electron chi connectivity index (χ3n) is 3.39. The van der Waals surface area contributed by atoms with Crippen LogP contribution in [0.5, 0.6) is 0 Å². The Balaban J connectivity index is 1.79. The molecule has 3 aromatic rings. The number of aryl methyl sites for hydroxylation is 1. The van der Waals surface area contributed by atoms with Crippen molar-refractivity contribution in [2.75, 3.05) is 0 Å². The van der Waals surface area contributed by atoms with E-state index in [1.807, 2.05) is 6.92 Å². The molecule has 0 bridgehead atoms. The van der Waals surface area contributed by atoms with Gasteiger partial charge in [-0.25, -0.2) is 22.8 Å². The second-order valence-corrected chi connectivity index (χ2v) is 7.37. The Labute approximate surface area is 145 Å². The summed E-state index contributed by atoms with van der Waals surface area (Å²) in [6.07, 6.45) is 5.03. The van der Waals surface area contributed by atoms with E-state index in [0.717, 1.165) is 11.1 Å². The second-order valence-electron chi connectivity index (χ2n) is 5.23. The van der Waals surface area contributed by atoms with Crippen molar-refractivity contribution in [2.24, 2.45) is 0 Å². The Morgan fingerprint density at radius 2 is 2.04 bits per heavy atom. The summed E-state index contributed by atoms with van der Waals surface area (Å²) in [5.41, 5.74) is 1.67. The van der Waals surface area contributed by atoms with Crippen LogP contribution in [-0.2, 0) is 16.6 Å². The number of hydrogen-bond donors (Lipinski definition) is 1. The quantitative estimate of drug-likeness (QED) is 0.757. The first-order valence-corrected chi connectivity index (χ1v) is 9.02. The minimum absolute atomic E-state index is 0.0659. The molecule has 0 saturated carbocycles. The molecule has 0 atom stereocenters. The fourth-order valence-electron chi connectivity index (χ4n) is 2.18. The van der Waals surface area contributed by atoms with E-state index in [1.54, 1.807) is 53.6 Å². The largest absolute Gasteiger partial charge is 0.242 e. The molecule has 0 fully saturated rings. The van der Waals surface area contributed by atoms with Gasteiger partial charge in [-0.2, -0.15) is 5.10 Å². The smallest absolute Gasteiger partial charge is 0.237 e. The van der Waals surface area contributed by atoms with Gasteiger partial charge >= 0.3 is 0 Å². The molecule has 6 nitrogen and oxygen atoms in total. The number of nitrogens with zero attached hydrogens (tertiary/aromatic N) is 3. The van der Waals surface area contributed by atoms with Crippen LogP contribution in [0.2, 0.25) is 5.02 Å². The normalized spacial score (nSPS) is 11.6. The lowest BCUT2D eigenvalue weighted by molar-refractivity contribution is 0.581. The van der Waals surface area contributed by atoms with E-state index in [4.69, 9.17) is 11.6 Å². The third-order valence-corrected chi connectivity index (χ3v) is 5.28. The molecule has 3 rings (SSSR count). The maximum atomic E-state index is 12.4. The van der Waals surface area contributed by atoms with Crippen molar-refractivity contribution in [1.29, 1.82) is 0 Å². The predicted molar refractivity (Wildman–Crippen MR) is 91.6 cm³/mol. The molecule has 0 radical (unpaired) electrons. The Morgan fingerprint density at radius 1 is 1.21 bits per heavy atom. The molecule has 0 spiro atoms. The molecule has 0 aliphatic rings. The first kappa shape index (κ1) is 16.6. The molecule has 124 valence electrons. The van der Waals surface area contributed by atoms with Crippen molar-refractivity contribution in [3.05, 3.63) is 71.1 Å². The van der Waals surface area contributed by atoms with Crippen molar-refractivity contribution in [3.8, 4) is 5.82 Å². The van der Waals surface area contributed by atoms with Crippen molar-refractivity contribution in [2.45, 2.75) is 18.4 Å². The van der Waals surface area contributed by atoms with E-state index in [2.05, 4.69) is 14.8 Å². The van der Waals surface area contributed by atoms with Crippen molar-refractivity contribution in [3.63, 3.8) is 0 Å². The summed E-state index contributed by atoms with van der Waals surface area (Å²) in [6.45, 7) is 1.98. The fraction of sp³-hybridized carbons (Fsp3) is 0.125. The zero-order valence-corrected chi connectivity index (χ0v) is 14.4. The van der Waals surface area contributed by atoms with Crippen LogP contribution in [-0.4, -0.2) is 23.2 Å². The van der Waals surface area contributed by atoms with Gasteiger partial charge in [-0.1, -0.05) is 17.7 Å². The summed E-state index contributed by atoms with van der Waals surface area (Å²) in [6, 6.07) is 10.1. The van der Waals surface area contributed by atoms with Gasteiger partial charge in [-0.05, 0) is 48.4 Å². The average molecular weight is 363 g/mol. The van der Waals surface area contributed by atoms with E-state index in [1.165, 1.54) is 6.07 Å². The number of benzene rings is 1. The van der Waals surface area contributed by atoms with Crippen LogP contribution in [0.3, 0.4) is 0 Å². The molecule has 0 amide bonds. The lowest BCUT2D eigenvalue weighted by atomic mass is 10.2. The van der Waals surface area contributed by atoms with Crippen LogP contribution in [0.1, 0.15) is 11.1 Å². The third kappa shape index (κ3) is 3.64. The molecule has 0 unspecified atom stereocenters. The number of hydrogen-bond acceptors (Lipinski definition) is 4. The number of nitrogens with one attached hydrogen (secondary N) is 1. The van der Waals surface area contributed by atoms with Crippen LogP contribution < -0.4 is 4.72 Å². The number of aromatic nitrogens is 3. The highest BCUT2D eigenvalue weighted by atomic mass is 35.5. The molecule has 8 heteroatoms. The van der Waals surface area contributed by atoms with Gasteiger partial charge in [0.25, 0.3) is 0 Å². The minimum Gasteiger partial charge on any atom is -0.237 e. The molecule has 0 aliphatic heterocycles. The summed E-state index contributed by atoms with van der Waals surface area (Å²) < 4.78 is 29.0. The maximum Gasteiger partial charge on any atom is 0.242 e. The standard InChI is InChI=1S/C16H15ClN4O2S/c1-12-3-4-15(14(17)9-12)24(22,23)20-11-13-5-7-18-16(10-13)21-8-2-6-19-21/h2-10,20H,11H2,1H3. The molecule has 0 aliphatic carbocycles. The summed E-state index contributed by atoms with van der Waals surface area (Å²) in [5, 5.41) is 4.31. The fourth-order valence-corrected chi connectivity index (χ4v) is 3.79. The number of halogens is 1. The lowest BCUT2D eigenvalue weighted by Crippen LogP contribution is -2.23. The lowest BCUT2D eigenvalue weighted by Gasteiger charge is -2.10. The average Bonchev–Trinajstić information content (AvgIpc) is 3.07. The van der Waals surface area contributed by atoms with Gasteiger partial charge in [0.1, 0.15) is 4.90 Å². The van der Waals surface area contributed by atoms with Gasteiger partial charge < -0.3 is 0 Å². The highest BCUT2D eigenvalue weighted by Gasteiger charge is 2.17. The first-order valence-electron chi connectivity index (χ1n) is 7.16. The number of sulfonamides is 1. The maximum absolute atomic E-state index is 12.4. The summed E-state index contributed by atoms with van der Waals surface area (Å²) in [4.78, 5) is 4.28. The van der Waals surface area contributed by atoms with Crippen LogP contribution in [0.15, 0.2) is 59.9 Å². The van der Waals surface area contributed by atoms with Gasteiger partial charge in [0.15, 0.2) is 5.82 Å². The Morgan fingerprint density at radius 3 is 2.75 bits per heavy atom. The van der Waals surface area contributed by atoms with Crippen molar-refractivity contribution >= 4 is 21.6 Å². The van der Waals surface area contributed by atoms with Crippen molar-refractivity contribution < 1.29 is 8.42 Å². The Kier molecular flexibility index (Phi) is 4.66. The Bertz CT molecular complexity index is 956. The van der Waals surface area contributed by atoms with Gasteiger partial charge in [0.2, 0.25) is 10.0 Å². The van der Waals surface area contributed by atoms with Gasteiger partial charge in [0, 0.05) is 25.1 Å². The van der Waals surface area contributed by atoms with Crippen molar-refractivity contribution in [1.82, 2.24) is 19.5 Å². The molecular formula is C16H15ClN4O2S. The van der Waals surface area contributed by atoms with Gasteiger partial charge in [0.05, 0.1) is 5.02 Å². The van der Waals surface area contributed by atoms with E-state index < -0.39 is 10.0 Å². The van der Waals surface area contributed by atoms with Gasteiger partial charge in [-0.3, -0.25) is 0 Å². The first-order chi connectivity index (χ1) is 11.5. The van der Waals surface area contributed by atoms with E-state index in [9.17, 15) is 8.42 Å². The Hall–Kier alpha value is -2.22. The van der Waals surface area contributed by atoms with Crippen LogP contribution in [0, 0.1) is 6.92 Å². The summed E-state index contributed by atoms with van der Waals surface area (Å²) >= 11 is 6.05.